The van der Waals surface area contributed by atoms with Crippen LogP contribution in [0.25, 0.3) is 10.9 Å². The smallest absolute Gasteiger partial charge is 0.263 e. The van der Waals surface area contributed by atoms with Crippen molar-refractivity contribution in [3.05, 3.63) is 71.3 Å². The summed E-state index contributed by atoms with van der Waals surface area (Å²) < 4.78 is 29.5. The van der Waals surface area contributed by atoms with Gasteiger partial charge in [-0.3, -0.25) is 9.52 Å². The summed E-state index contributed by atoms with van der Waals surface area (Å²) in [6.07, 6.45) is 3.46. The number of nitrogens with one attached hydrogen (secondary N) is 1. The van der Waals surface area contributed by atoms with Gasteiger partial charge in [0, 0.05) is 56.5 Å². The number of aromatic nitrogens is 2. The van der Waals surface area contributed by atoms with Gasteiger partial charge in [0.25, 0.3) is 10.0 Å². The van der Waals surface area contributed by atoms with Gasteiger partial charge in [-0.25, -0.2) is 13.4 Å². The average Bonchev–Trinajstić information content (AvgIpc) is 3.54. The molecule has 0 radical (unpaired) electrons. The van der Waals surface area contributed by atoms with E-state index in [2.05, 4.69) is 14.6 Å². The molecule has 0 spiro atoms. The van der Waals surface area contributed by atoms with Crippen molar-refractivity contribution >= 4 is 60.6 Å². The molecule has 1 N–H and O–H groups in total. The monoisotopic (exact) mass is 531 g/mol. The molecule has 1 unspecified atom stereocenters. The van der Waals surface area contributed by atoms with Crippen molar-refractivity contribution in [3.63, 3.8) is 0 Å². The maximum atomic E-state index is 13.2. The summed E-state index contributed by atoms with van der Waals surface area (Å²) >= 11 is 7.63. The normalized spacial score (nSPS) is 15.4. The molecule has 1 saturated heterocycles. The summed E-state index contributed by atoms with van der Waals surface area (Å²) in [7, 11) is -3.69. The molecule has 3 heterocycles. The van der Waals surface area contributed by atoms with E-state index >= 15 is 0 Å². The zero-order valence-electron chi connectivity index (χ0n) is 19.0. The molecule has 2 aromatic heterocycles. The minimum atomic E-state index is -3.69. The number of rotatable bonds is 6. The summed E-state index contributed by atoms with van der Waals surface area (Å²) in [5.74, 6) is 0.0526. The van der Waals surface area contributed by atoms with E-state index in [0.717, 1.165) is 16.6 Å². The number of hydrogen-bond donors (Lipinski definition) is 1. The Balaban J connectivity index is 0.00000304. The molecule has 0 bridgehead atoms. The summed E-state index contributed by atoms with van der Waals surface area (Å²) in [6.45, 7) is 4.39. The molecule has 184 valence electrons. The molecule has 1 fully saturated rings. The highest BCUT2D eigenvalue weighted by Crippen LogP contribution is 2.28. The lowest BCUT2D eigenvalue weighted by atomic mass is 10.2. The Labute approximate surface area is 214 Å². The first-order valence-corrected chi connectivity index (χ1v) is 13.9. The predicted molar refractivity (Wildman–Crippen MR) is 142 cm³/mol. The van der Waals surface area contributed by atoms with Crippen molar-refractivity contribution in [1.29, 1.82) is 0 Å². The predicted octanol–water partition coefficient (Wildman–Crippen LogP) is 4.71. The number of piperazine rings is 1. The van der Waals surface area contributed by atoms with Gasteiger partial charge >= 0.3 is 0 Å². The van der Waals surface area contributed by atoms with Crippen LogP contribution in [0.15, 0.2) is 71.2 Å². The molecule has 1 aliphatic heterocycles. The van der Waals surface area contributed by atoms with E-state index < -0.39 is 10.0 Å². The van der Waals surface area contributed by atoms with E-state index in [1.807, 2.05) is 46.9 Å². The Bertz CT molecular complexity index is 1450. The van der Waals surface area contributed by atoms with Gasteiger partial charge < -0.3 is 14.4 Å². The van der Waals surface area contributed by atoms with Crippen LogP contribution >= 0.6 is 22.9 Å². The molecule has 0 saturated carbocycles. The SMILES string of the molecule is CC(C(=O)N1CCN(c2ccc(S(=O)(=O)Nc3nccs3)cc2)CC1)n1ccc2cccc(Cl)c21.[HH]. The number of fused-ring (bicyclic) bond motifs is 1. The number of sulfonamides is 1. The maximum Gasteiger partial charge on any atom is 0.263 e. The minimum Gasteiger partial charge on any atom is -0.368 e. The van der Waals surface area contributed by atoms with Gasteiger partial charge in [0.2, 0.25) is 5.91 Å². The number of benzene rings is 2. The number of nitrogens with zero attached hydrogens (tertiary/aromatic N) is 4. The fraction of sp³-hybridized carbons (Fsp3) is 0.250. The van der Waals surface area contributed by atoms with Gasteiger partial charge in [-0.05, 0) is 43.3 Å². The Morgan fingerprint density at radius 2 is 1.86 bits per heavy atom. The molecule has 35 heavy (non-hydrogen) atoms. The van der Waals surface area contributed by atoms with E-state index in [-0.39, 0.29) is 18.3 Å². The number of halogens is 1. The van der Waals surface area contributed by atoms with Crippen molar-refractivity contribution in [3.8, 4) is 0 Å². The second-order valence-corrected chi connectivity index (χ2v) is 11.3. The minimum absolute atomic E-state index is 0. The summed E-state index contributed by atoms with van der Waals surface area (Å²) in [4.78, 5) is 21.4. The Kier molecular flexibility index (Phi) is 6.43. The first-order valence-electron chi connectivity index (χ1n) is 11.1. The van der Waals surface area contributed by atoms with Crippen molar-refractivity contribution < 1.29 is 14.6 Å². The van der Waals surface area contributed by atoms with Crippen molar-refractivity contribution in [2.24, 2.45) is 0 Å². The Morgan fingerprint density at radius 1 is 1.11 bits per heavy atom. The van der Waals surface area contributed by atoms with Crippen LogP contribution < -0.4 is 9.62 Å². The molecule has 1 aliphatic rings. The first-order chi connectivity index (χ1) is 16.8. The molecular formula is C24H26ClN5O3S2. The number of carbonyl (C=O) groups excluding carboxylic acids is 1. The second-order valence-electron chi connectivity index (χ2n) is 8.33. The van der Waals surface area contributed by atoms with Gasteiger partial charge in [-0.1, -0.05) is 23.7 Å². The third kappa shape index (κ3) is 4.73. The number of hydrogen-bond acceptors (Lipinski definition) is 6. The van der Waals surface area contributed by atoms with Gasteiger partial charge in [-0.2, -0.15) is 0 Å². The van der Waals surface area contributed by atoms with E-state index in [1.165, 1.54) is 11.3 Å². The fourth-order valence-electron chi connectivity index (χ4n) is 4.35. The zero-order chi connectivity index (χ0) is 24.6. The highest BCUT2D eigenvalue weighted by atomic mass is 35.5. The summed E-state index contributed by atoms with van der Waals surface area (Å²) in [5, 5.41) is 3.68. The van der Waals surface area contributed by atoms with Gasteiger partial charge in [0.05, 0.1) is 15.4 Å². The van der Waals surface area contributed by atoms with Crippen LogP contribution in [0.3, 0.4) is 0 Å². The molecule has 2 aromatic carbocycles. The number of thiazole rings is 1. The quantitative estimate of drug-likeness (QED) is 0.389. The number of carbonyl (C=O) groups is 1. The molecule has 1 amide bonds. The largest absolute Gasteiger partial charge is 0.368 e. The average molecular weight is 532 g/mol. The lowest BCUT2D eigenvalue weighted by molar-refractivity contribution is -0.134. The van der Waals surface area contributed by atoms with Gasteiger partial charge in [-0.15, -0.1) is 11.3 Å². The first kappa shape index (κ1) is 23.7. The van der Waals surface area contributed by atoms with Crippen LogP contribution in [-0.2, 0) is 14.8 Å². The Hall–Kier alpha value is -3.08. The molecule has 0 aliphatic carbocycles. The highest BCUT2D eigenvalue weighted by Gasteiger charge is 2.27. The molecule has 8 nitrogen and oxygen atoms in total. The van der Waals surface area contributed by atoms with Crippen LogP contribution in [0.1, 0.15) is 14.4 Å². The maximum absolute atomic E-state index is 13.2. The van der Waals surface area contributed by atoms with E-state index in [1.54, 1.807) is 35.8 Å². The number of para-hydroxylation sites is 1. The molecular weight excluding hydrogens is 506 g/mol. The fourth-order valence-corrected chi connectivity index (χ4v) is 6.42. The van der Waals surface area contributed by atoms with Crippen molar-refractivity contribution in [1.82, 2.24) is 14.5 Å². The second kappa shape index (κ2) is 9.52. The third-order valence-electron chi connectivity index (χ3n) is 6.22. The summed E-state index contributed by atoms with van der Waals surface area (Å²) in [6, 6.07) is 14.1. The molecule has 5 rings (SSSR count). The molecule has 1 atom stereocenters. The lowest BCUT2D eigenvalue weighted by Gasteiger charge is -2.37. The third-order valence-corrected chi connectivity index (χ3v) is 8.70. The summed E-state index contributed by atoms with van der Waals surface area (Å²) in [5.41, 5.74) is 1.79. The topological polar surface area (TPSA) is 87.5 Å². The highest BCUT2D eigenvalue weighted by molar-refractivity contribution is 7.93. The van der Waals surface area contributed by atoms with Crippen LogP contribution in [0.5, 0.6) is 0 Å². The van der Waals surface area contributed by atoms with E-state index in [0.29, 0.717) is 36.3 Å². The van der Waals surface area contributed by atoms with Crippen LogP contribution in [0, 0.1) is 0 Å². The molecule has 11 heteroatoms. The van der Waals surface area contributed by atoms with Crippen LogP contribution in [-0.4, -0.2) is 55.0 Å². The van der Waals surface area contributed by atoms with E-state index in [4.69, 9.17) is 11.6 Å². The van der Waals surface area contributed by atoms with Gasteiger partial charge in [0.1, 0.15) is 6.04 Å². The van der Waals surface area contributed by atoms with Crippen LogP contribution in [0.4, 0.5) is 10.8 Å². The van der Waals surface area contributed by atoms with Crippen molar-refractivity contribution in [2.75, 3.05) is 35.8 Å². The number of anilines is 2. The Morgan fingerprint density at radius 3 is 2.54 bits per heavy atom. The lowest BCUT2D eigenvalue weighted by Crippen LogP contribution is -2.50. The van der Waals surface area contributed by atoms with Crippen LogP contribution in [0.2, 0.25) is 5.02 Å². The van der Waals surface area contributed by atoms with Gasteiger partial charge in [0.15, 0.2) is 5.13 Å². The zero-order valence-corrected chi connectivity index (χ0v) is 21.4. The molecule has 4 aromatic rings. The standard InChI is InChI=1S/C24H24ClN5O3S2.H2/c1-17(30-11-9-18-3-2-4-21(25)22(18)30)23(31)29-14-12-28(13-15-29)19-5-7-20(8-6-19)35(32,33)27-24-26-10-16-34-24;/h2-11,16-17H,12-15H2,1H3,(H,26,27);1H. The van der Waals surface area contributed by atoms with Crippen molar-refractivity contribution in [2.45, 2.75) is 17.9 Å². The number of amides is 1. The van der Waals surface area contributed by atoms with E-state index in [9.17, 15) is 13.2 Å².